The van der Waals surface area contributed by atoms with Crippen molar-refractivity contribution in [2.75, 3.05) is 5.32 Å². The molecule has 0 aliphatic heterocycles. The number of hydrogen-bond acceptors (Lipinski definition) is 3. The molecule has 0 spiro atoms. The Hall–Kier alpha value is -2.77. The predicted octanol–water partition coefficient (Wildman–Crippen LogP) is 3.41. The lowest BCUT2D eigenvalue weighted by molar-refractivity contribution is -0.120. The molecule has 0 fully saturated rings. The standard InChI is InChI=1S/C19H24F2N4O2/c1-12(2)6-8-25-9-7-18(24-25)23-19(27)11-17(22-13(3)26)15-5-4-14(20)10-16(15)21/h4-5,7,9-10,12,17H,6,8,11H2,1-3H3,(H,22,26)(H,23,24,27). The fourth-order valence-corrected chi connectivity index (χ4v) is 2.59. The van der Waals surface area contributed by atoms with Gasteiger partial charge in [-0.15, -0.1) is 0 Å². The van der Waals surface area contributed by atoms with Gasteiger partial charge in [0.25, 0.3) is 0 Å². The Morgan fingerprint density at radius 1 is 1.22 bits per heavy atom. The zero-order valence-corrected chi connectivity index (χ0v) is 15.6. The SMILES string of the molecule is CC(=O)NC(CC(=O)Nc1ccn(CCC(C)C)n1)c1ccc(F)cc1F. The van der Waals surface area contributed by atoms with Crippen LogP contribution in [-0.2, 0) is 16.1 Å². The average molecular weight is 378 g/mol. The summed E-state index contributed by atoms with van der Waals surface area (Å²) in [5, 5.41) is 9.42. The lowest BCUT2D eigenvalue weighted by atomic mass is 10.0. The van der Waals surface area contributed by atoms with E-state index < -0.39 is 29.5 Å². The average Bonchev–Trinajstić information content (AvgIpc) is 2.99. The van der Waals surface area contributed by atoms with E-state index in [-0.39, 0.29) is 12.0 Å². The highest BCUT2D eigenvalue weighted by Crippen LogP contribution is 2.22. The molecule has 2 amide bonds. The molecule has 2 aromatic rings. The molecule has 0 radical (unpaired) electrons. The Morgan fingerprint density at radius 2 is 1.96 bits per heavy atom. The van der Waals surface area contributed by atoms with Gasteiger partial charge in [0.2, 0.25) is 11.8 Å². The van der Waals surface area contributed by atoms with Crippen LogP contribution >= 0.6 is 0 Å². The highest BCUT2D eigenvalue weighted by atomic mass is 19.1. The first-order chi connectivity index (χ1) is 12.7. The predicted molar refractivity (Wildman–Crippen MR) is 97.8 cm³/mol. The molecule has 146 valence electrons. The number of halogens is 2. The molecule has 8 heteroatoms. The first-order valence-corrected chi connectivity index (χ1v) is 8.80. The van der Waals surface area contributed by atoms with E-state index in [1.807, 2.05) is 0 Å². The number of benzene rings is 1. The monoisotopic (exact) mass is 378 g/mol. The van der Waals surface area contributed by atoms with Crippen LogP contribution < -0.4 is 10.6 Å². The van der Waals surface area contributed by atoms with Crippen molar-refractivity contribution >= 4 is 17.6 Å². The molecule has 0 bridgehead atoms. The molecule has 1 unspecified atom stereocenters. The van der Waals surface area contributed by atoms with Gasteiger partial charge in [0.15, 0.2) is 5.82 Å². The maximum Gasteiger partial charge on any atom is 0.227 e. The topological polar surface area (TPSA) is 76.0 Å². The van der Waals surface area contributed by atoms with Crippen molar-refractivity contribution in [2.24, 2.45) is 5.92 Å². The molecule has 0 saturated heterocycles. The number of carbonyl (C=O) groups is 2. The first-order valence-electron chi connectivity index (χ1n) is 8.80. The lowest BCUT2D eigenvalue weighted by Crippen LogP contribution is -2.30. The van der Waals surface area contributed by atoms with E-state index >= 15 is 0 Å². The minimum atomic E-state index is -0.911. The zero-order valence-electron chi connectivity index (χ0n) is 15.6. The van der Waals surface area contributed by atoms with Gasteiger partial charge in [-0.2, -0.15) is 5.10 Å². The van der Waals surface area contributed by atoms with Crippen LogP contribution in [0.15, 0.2) is 30.5 Å². The van der Waals surface area contributed by atoms with Gasteiger partial charge < -0.3 is 10.6 Å². The summed E-state index contributed by atoms with van der Waals surface area (Å²) in [6.45, 7) is 6.23. The summed E-state index contributed by atoms with van der Waals surface area (Å²) in [4.78, 5) is 23.7. The third-order valence-electron chi connectivity index (χ3n) is 3.95. The van der Waals surface area contributed by atoms with Crippen LogP contribution in [0.1, 0.15) is 45.2 Å². The maximum atomic E-state index is 14.0. The third kappa shape index (κ3) is 6.47. The molecule has 0 saturated carbocycles. The molecule has 1 atom stereocenters. The van der Waals surface area contributed by atoms with Gasteiger partial charge in [-0.1, -0.05) is 19.9 Å². The molecule has 0 aliphatic rings. The van der Waals surface area contributed by atoms with Gasteiger partial charge in [-0.05, 0) is 18.4 Å². The normalized spacial score (nSPS) is 12.1. The van der Waals surface area contributed by atoms with Gasteiger partial charge in [-0.3, -0.25) is 14.3 Å². The molecule has 1 heterocycles. The number of nitrogens with one attached hydrogen (secondary N) is 2. The zero-order chi connectivity index (χ0) is 20.0. The number of hydrogen-bond donors (Lipinski definition) is 2. The maximum absolute atomic E-state index is 14.0. The summed E-state index contributed by atoms with van der Waals surface area (Å²) in [6, 6.07) is 3.79. The number of amides is 2. The van der Waals surface area contributed by atoms with E-state index in [1.54, 1.807) is 16.9 Å². The van der Waals surface area contributed by atoms with Crippen LogP contribution in [0.3, 0.4) is 0 Å². The summed E-state index contributed by atoms with van der Waals surface area (Å²) < 4.78 is 28.9. The molecule has 27 heavy (non-hydrogen) atoms. The number of nitrogens with zero attached hydrogens (tertiary/aromatic N) is 2. The van der Waals surface area contributed by atoms with E-state index in [0.717, 1.165) is 25.1 Å². The Kier molecular flexibility index (Phi) is 7.04. The van der Waals surface area contributed by atoms with E-state index in [4.69, 9.17) is 0 Å². The van der Waals surface area contributed by atoms with E-state index in [2.05, 4.69) is 29.6 Å². The van der Waals surface area contributed by atoms with Crippen molar-refractivity contribution in [1.29, 1.82) is 0 Å². The fraction of sp³-hybridized carbons (Fsp3) is 0.421. The van der Waals surface area contributed by atoms with Crippen LogP contribution in [0.4, 0.5) is 14.6 Å². The summed E-state index contributed by atoms with van der Waals surface area (Å²) in [6.07, 6.45) is 2.52. The van der Waals surface area contributed by atoms with E-state index in [0.29, 0.717) is 11.7 Å². The van der Waals surface area contributed by atoms with Crippen molar-refractivity contribution in [3.8, 4) is 0 Å². The second-order valence-electron chi connectivity index (χ2n) is 6.82. The van der Waals surface area contributed by atoms with Crippen molar-refractivity contribution in [1.82, 2.24) is 15.1 Å². The van der Waals surface area contributed by atoms with Crippen LogP contribution in [0.25, 0.3) is 0 Å². The van der Waals surface area contributed by atoms with Gasteiger partial charge in [0.05, 0.1) is 12.5 Å². The summed E-state index contributed by atoms with van der Waals surface area (Å²) in [7, 11) is 0. The van der Waals surface area contributed by atoms with Gasteiger partial charge >= 0.3 is 0 Å². The molecule has 2 rings (SSSR count). The van der Waals surface area contributed by atoms with Gasteiger partial charge in [-0.25, -0.2) is 8.78 Å². The van der Waals surface area contributed by atoms with E-state index in [1.165, 1.54) is 13.0 Å². The minimum absolute atomic E-state index is 0.0456. The number of rotatable bonds is 8. The molecule has 6 nitrogen and oxygen atoms in total. The smallest absolute Gasteiger partial charge is 0.227 e. The second kappa shape index (κ2) is 9.25. The van der Waals surface area contributed by atoms with Gasteiger partial charge in [0.1, 0.15) is 11.6 Å². The highest BCUT2D eigenvalue weighted by molar-refractivity contribution is 5.90. The number of aryl methyl sites for hydroxylation is 1. The quantitative estimate of drug-likeness (QED) is 0.739. The largest absolute Gasteiger partial charge is 0.349 e. The van der Waals surface area contributed by atoms with Crippen LogP contribution in [-0.4, -0.2) is 21.6 Å². The van der Waals surface area contributed by atoms with Crippen molar-refractivity contribution in [3.63, 3.8) is 0 Å². The van der Waals surface area contributed by atoms with Gasteiger partial charge in [0, 0.05) is 37.4 Å². The second-order valence-corrected chi connectivity index (χ2v) is 6.82. The van der Waals surface area contributed by atoms with Crippen LogP contribution in [0.5, 0.6) is 0 Å². The number of aromatic nitrogens is 2. The third-order valence-corrected chi connectivity index (χ3v) is 3.95. The summed E-state index contributed by atoms with van der Waals surface area (Å²) in [5.41, 5.74) is 0.0456. The number of anilines is 1. The molecular formula is C19H24F2N4O2. The Morgan fingerprint density at radius 3 is 2.59 bits per heavy atom. The van der Waals surface area contributed by atoms with Crippen LogP contribution in [0.2, 0.25) is 0 Å². The minimum Gasteiger partial charge on any atom is -0.349 e. The Balaban J connectivity index is 2.04. The summed E-state index contributed by atoms with van der Waals surface area (Å²) >= 11 is 0. The van der Waals surface area contributed by atoms with Crippen molar-refractivity contribution in [2.45, 2.75) is 46.2 Å². The Labute approximate surface area is 156 Å². The van der Waals surface area contributed by atoms with E-state index in [9.17, 15) is 18.4 Å². The number of carbonyl (C=O) groups excluding carboxylic acids is 2. The van der Waals surface area contributed by atoms with Crippen molar-refractivity contribution < 1.29 is 18.4 Å². The molecule has 2 N–H and O–H groups in total. The molecule has 1 aromatic carbocycles. The highest BCUT2D eigenvalue weighted by Gasteiger charge is 2.21. The fourth-order valence-electron chi connectivity index (χ4n) is 2.59. The van der Waals surface area contributed by atoms with Crippen LogP contribution in [0, 0.1) is 17.6 Å². The van der Waals surface area contributed by atoms with Crippen molar-refractivity contribution in [3.05, 3.63) is 47.7 Å². The molecule has 0 aliphatic carbocycles. The first kappa shape index (κ1) is 20.5. The summed E-state index contributed by atoms with van der Waals surface area (Å²) in [5.74, 6) is -1.49. The molecular weight excluding hydrogens is 354 g/mol. The lowest BCUT2D eigenvalue weighted by Gasteiger charge is -2.18. The molecule has 1 aromatic heterocycles. The Bertz CT molecular complexity index is 805.